The number of nitrogen functional groups attached to an aromatic ring is 1. The highest BCUT2D eigenvalue weighted by molar-refractivity contribution is 5.75. The molecule has 1 fully saturated rings. The second-order valence-electron chi connectivity index (χ2n) is 9.40. The Balaban J connectivity index is 1.32. The van der Waals surface area contributed by atoms with Crippen LogP contribution in [-0.2, 0) is 18.1 Å². The number of alkyl halides is 3. The van der Waals surface area contributed by atoms with Crippen LogP contribution in [0.5, 0.6) is 0 Å². The zero-order valence-corrected chi connectivity index (χ0v) is 19.5. The molecule has 11 heteroatoms. The third-order valence-corrected chi connectivity index (χ3v) is 7.17. The number of halogens is 3. The molecule has 0 radical (unpaired) electrons. The molecule has 2 atom stereocenters. The molecule has 2 aliphatic rings. The number of likely N-dealkylation sites (tertiary alicyclic amines) is 1. The largest absolute Gasteiger partial charge is 0.419 e. The number of carbonyl (C=O) groups is 1. The van der Waals surface area contributed by atoms with Gasteiger partial charge in [-0.15, -0.1) is 0 Å². The second kappa shape index (κ2) is 8.55. The number of hydrogen-bond acceptors (Lipinski definition) is 5. The van der Waals surface area contributed by atoms with Crippen molar-refractivity contribution in [2.75, 3.05) is 18.8 Å². The number of urea groups is 1. The Morgan fingerprint density at radius 3 is 2.64 bits per heavy atom. The number of amides is 2. The summed E-state index contributed by atoms with van der Waals surface area (Å²) in [5.41, 5.74) is 7.17. The van der Waals surface area contributed by atoms with Gasteiger partial charge >= 0.3 is 12.2 Å². The smallest absolute Gasteiger partial charge is 0.383 e. The highest BCUT2D eigenvalue weighted by atomic mass is 19.4. The predicted molar refractivity (Wildman–Crippen MR) is 125 cm³/mol. The van der Waals surface area contributed by atoms with Crippen molar-refractivity contribution >= 4 is 11.8 Å². The predicted octanol–water partition coefficient (Wildman–Crippen LogP) is 4.24. The number of rotatable bonds is 3. The molecule has 186 valence electrons. The molecule has 0 aliphatic carbocycles. The zero-order chi connectivity index (χ0) is 25.7. The summed E-state index contributed by atoms with van der Waals surface area (Å²) in [4.78, 5) is 18.5. The molecule has 0 saturated carbocycles. The maximum Gasteiger partial charge on any atom is 0.419 e. The number of nitrogens with two attached hydrogens (primary N) is 1. The molecule has 1 spiro atoms. The number of aromatic nitrogens is 3. The summed E-state index contributed by atoms with van der Waals surface area (Å²) in [6, 6.07) is 11.5. The summed E-state index contributed by atoms with van der Waals surface area (Å²) in [6.45, 7) is 3.57. The van der Waals surface area contributed by atoms with Gasteiger partial charge in [0, 0.05) is 42.5 Å². The van der Waals surface area contributed by atoms with E-state index in [2.05, 4.69) is 21.5 Å². The number of nitriles is 1. The van der Waals surface area contributed by atoms with Gasteiger partial charge in [0.05, 0.1) is 28.9 Å². The average Bonchev–Trinajstić information content (AvgIpc) is 3.55. The van der Waals surface area contributed by atoms with E-state index < -0.39 is 17.6 Å². The lowest BCUT2D eigenvalue weighted by atomic mass is 9.82. The summed E-state index contributed by atoms with van der Waals surface area (Å²) in [5, 5.41) is 16.5. The van der Waals surface area contributed by atoms with Crippen molar-refractivity contribution < 1.29 is 18.0 Å². The monoisotopic (exact) mass is 495 g/mol. The normalized spacial score (nSPS) is 19.8. The van der Waals surface area contributed by atoms with Gasteiger partial charge in [-0.3, -0.25) is 4.68 Å². The van der Waals surface area contributed by atoms with E-state index in [9.17, 15) is 18.0 Å². The zero-order valence-electron chi connectivity index (χ0n) is 19.5. The van der Waals surface area contributed by atoms with Crippen LogP contribution in [0.15, 0.2) is 42.6 Å². The molecule has 2 unspecified atom stereocenters. The lowest BCUT2D eigenvalue weighted by Crippen LogP contribution is -2.41. The number of hydrogen-bond donors (Lipinski definition) is 2. The number of nitrogens with one attached hydrogen (secondary N) is 1. The van der Waals surface area contributed by atoms with Gasteiger partial charge < -0.3 is 16.0 Å². The van der Waals surface area contributed by atoms with E-state index in [1.807, 2.05) is 23.7 Å². The fraction of sp³-hybridized carbons (Fsp3) is 0.360. The molecular weight excluding hydrogens is 471 g/mol. The fourth-order valence-electron chi connectivity index (χ4n) is 5.11. The van der Waals surface area contributed by atoms with Gasteiger partial charge in [-0.05, 0) is 49.6 Å². The average molecular weight is 496 g/mol. The first-order valence-corrected chi connectivity index (χ1v) is 11.6. The first-order chi connectivity index (χ1) is 17.1. The number of carbonyl (C=O) groups excluding carboxylic acids is 1. The number of nitrogens with zero attached hydrogens (tertiary/aromatic N) is 5. The maximum atomic E-state index is 13.3. The van der Waals surface area contributed by atoms with Crippen molar-refractivity contribution in [1.82, 2.24) is 25.0 Å². The second-order valence-corrected chi connectivity index (χ2v) is 9.40. The van der Waals surface area contributed by atoms with Crippen molar-refractivity contribution in [2.45, 2.75) is 43.9 Å². The van der Waals surface area contributed by atoms with Gasteiger partial charge in [-0.2, -0.15) is 23.5 Å². The van der Waals surface area contributed by atoms with E-state index in [0.717, 1.165) is 30.2 Å². The molecule has 2 aliphatic heterocycles. The maximum absolute atomic E-state index is 13.3. The molecule has 1 aromatic carbocycles. The fourth-order valence-corrected chi connectivity index (χ4v) is 5.11. The molecule has 2 aromatic heterocycles. The van der Waals surface area contributed by atoms with Gasteiger partial charge in [0.1, 0.15) is 5.82 Å². The Bertz CT molecular complexity index is 1360. The Hall–Kier alpha value is -4.07. The van der Waals surface area contributed by atoms with Crippen LogP contribution in [0.25, 0.3) is 11.3 Å². The third-order valence-electron chi connectivity index (χ3n) is 7.17. The molecule has 0 bridgehead atoms. The molecule has 1 saturated heterocycles. The number of anilines is 1. The third kappa shape index (κ3) is 4.12. The summed E-state index contributed by atoms with van der Waals surface area (Å²) >= 11 is 0. The number of benzene rings is 1. The Morgan fingerprint density at radius 1 is 1.22 bits per heavy atom. The molecule has 2 amide bonds. The molecule has 3 aromatic rings. The number of fused-ring (bicyclic) bond motifs is 2. The van der Waals surface area contributed by atoms with Gasteiger partial charge in [-0.25, -0.2) is 9.78 Å². The topological polar surface area (TPSA) is 113 Å². The minimum atomic E-state index is -4.61. The van der Waals surface area contributed by atoms with Gasteiger partial charge in [0.15, 0.2) is 0 Å². The van der Waals surface area contributed by atoms with Crippen molar-refractivity contribution in [2.24, 2.45) is 0 Å². The number of aryl methyl sites for hydroxylation is 1. The molecule has 3 N–H and O–H groups in total. The van der Waals surface area contributed by atoms with Crippen LogP contribution < -0.4 is 11.1 Å². The molecule has 4 heterocycles. The van der Waals surface area contributed by atoms with E-state index in [1.165, 1.54) is 6.20 Å². The standard InChI is InChI=1S/C25H24F3N7O/c1-15(17-4-2-16(12-29)3-5-17)32-23(36)34-8-6-24(14-34)7-9-35-21(24)11-20(33-35)18-10-19(25(26,27)28)22(30)31-13-18/h2-5,10-11,13,15H,6-9,14H2,1H3,(H2,30,31)(H,32,36). The minimum absolute atomic E-state index is 0.181. The minimum Gasteiger partial charge on any atom is -0.383 e. The van der Waals surface area contributed by atoms with Crippen LogP contribution in [0.1, 0.15) is 48.2 Å². The Morgan fingerprint density at radius 2 is 1.94 bits per heavy atom. The van der Waals surface area contributed by atoms with E-state index in [-0.39, 0.29) is 23.1 Å². The van der Waals surface area contributed by atoms with Crippen LogP contribution in [-0.4, -0.2) is 38.8 Å². The van der Waals surface area contributed by atoms with Crippen molar-refractivity contribution in [3.05, 3.63) is 65.0 Å². The summed E-state index contributed by atoms with van der Waals surface area (Å²) < 4.78 is 41.7. The Kier molecular flexibility index (Phi) is 5.62. The highest BCUT2D eigenvalue weighted by Crippen LogP contribution is 2.44. The quantitative estimate of drug-likeness (QED) is 0.565. The lowest BCUT2D eigenvalue weighted by molar-refractivity contribution is -0.137. The molecular formula is C25H24F3N7O. The van der Waals surface area contributed by atoms with Crippen LogP contribution in [0.2, 0.25) is 0 Å². The van der Waals surface area contributed by atoms with E-state index in [4.69, 9.17) is 11.0 Å². The van der Waals surface area contributed by atoms with E-state index >= 15 is 0 Å². The van der Waals surface area contributed by atoms with Crippen LogP contribution in [0.3, 0.4) is 0 Å². The molecule has 36 heavy (non-hydrogen) atoms. The van der Waals surface area contributed by atoms with E-state index in [0.29, 0.717) is 30.9 Å². The van der Waals surface area contributed by atoms with Crippen molar-refractivity contribution in [3.63, 3.8) is 0 Å². The highest BCUT2D eigenvalue weighted by Gasteiger charge is 2.47. The first-order valence-electron chi connectivity index (χ1n) is 11.6. The first kappa shape index (κ1) is 23.7. The van der Waals surface area contributed by atoms with Gasteiger partial charge in [0.25, 0.3) is 0 Å². The SMILES string of the molecule is CC(NC(=O)N1CCC2(CCn3nc(-c4cnc(N)c(C(F)(F)F)c4)cc32)C1)c1ccc(C#N)cc1. The van der Waals surface area contributed by atoms with E-state index in [1.54, 1.807) is 23.1 Å². The summed E-state index contributed by atoms with van der Waals surface area (Å²) in [6.07, 6.45) is -1.76. The van der Waals surface area contributed by atoms with Gasteiger partial charge in [-0.1, -0.05) is 12.1 Å². The molecule has 5 rings (SSSR count). The summed E-state index contributed by atoms with van der Waals surface area (Å²) in [7, 11) is 0. The Labute approximate surface area is 205 Å². The summed E-state index contributed by atoms with van der Waals surface area (Å²) in [5.74, 6) is -0.567. The van der Waals surface area contributed by atoms with Gasteiger partial charge in [0.2, 0.25) is 0 Å². The van der Waals surface area contributed by atoms with Crippen molar-refractivity contribution in [3.8, 4) is 17.3 Å². The lowest BCUT2D eigenvalue weighted by Gasteiger charge is -2.25. The van der Waals surface area contributed by atoms with Crippen LogP contribution in [0, 0.1) is 11.3 Å². The van der Waals surface area contributed by atoms with Crippen LogP contribution in [0.4, 0.5) is 23.8 Å². The van der Waals surface area contributed by atoms with Crippen molar-refractivity contribution in [1.29, 1.82) is 5.26 Å². The molecule has 8 nitrogen and oxygen atoms in total. The van der Waals surface area contributed by atoms with Crippen LogP contribution >= 0.6 is 0 Å². The number of pyridine rings is 1.